The average Bonchev–Trinajstić information content (AvgIpc) is 3.33. The van der Waals surface area contributed by atoms with Gasteiger partial charge in [-0.05, 0) is 81.3 Å². The van der Waals surface area contributed by atoms with E-state index < -0.39 is 0 Å². The van der Waals surface area contributed by atoms with E-state index >= 15 is 0 Å². The minimum atomic E-state index is 0. The number of carbonyl (C=O) groups excluding carboxylic acids is 2. The van der Waals surface area contributed by atoms with Crippen LogP contribution in [0.5, 0.6) is 0 Å². The summed E-state index contributed by atoms with van der Waals surface area (Å²) in [5, 5.41) is 0. The van der Waals surface area contributed by atoms with Gasteiger partial charge in [-0.3, -0.25) is 9.59 Å². The molecule has 0 aliphatic carbocycles. The van der Waals surface area contributed by atoms with Crippen LogP contribution in [0, 0.1) is 18.2 Å². The number of hydrogen-bond acceptors (Lipinski definition) is 5. The maximum Gasteiger partial charge on any atom is 3.00 e. The molecule has 0 aliphatic rings. The topological polar surface area (TPSA) is 72.8 Å². The van der Waals surface area contributed by atoms with Crippen LogP contribution >= 0.6 is 0 Å². The fourth-order valence-corrected chi connectivity index (χ4v) is 6.10. The monoisotopic (exact) mass is 939 g/mol. The van der Waals surface area contributed by atoms with Crippen molar-refractivity contribution in [3.05, 3.63) is 236 Å². The van der Waals surface area contributed by atoms with Crippen molar-refractivity contribution >= 4 is 12.6 Å². The Balaban J connectivity index is 0.000000190. The molecule has 6 aromatic carbocycles. The zero-order valence-corrected chi connectivity index (χ0v) is 34.2. The van der Waals surface area contributed by atoms with Gasteiger partial charge in [0, 0.05) is 29.7 Å². The summed E-state index contributed by atoms with van der Waals surface area (Å²) in [5.74, 6) is 0. The van der Waals surface area contributed by atoms with Crippen molar-refractivity contribution in [2.45, 2.75) is 0 Å². The molecule has 284 valence electrons. The molecule has 0 unspecified atom stereocenters. The molecular formula is C53H36IrN3O2. The molecule has 9 rings (SSSR count). The quantitative estimate of drug-likeness (QED) is 0.112. The molecule has 0 amide bonds. The van der Waals surface area contributed by atoms with Crippen LogP contribution in [0.15, 0.2) is 207 Å². The molecule has 0 saturated heterocycles. The van der Waals surface area contributed by atoms with Gasteiger partial charge in [0.05, 0.1) is 0 Å². The van der Waals surface area contributed by atoms with Gasteiger partial charge in [-0.25, -0.2) is 0 Å². The predicted molar refractivity (Wildman–Crippen MR) is 233 cm³/mol. The molecule has 0 atom stereocenters. The molecule has 3 aromatic heterocycles. The van der Waals surface area contributed by atoms with Crippen molar-refractivity contribution in [1.82, 2.24) is 15.0 Å². The third-order valence-corrected chi connectivity index (χ3v) is 9.07. The largest absolute Gasteiger partial charge is 3.00 e. The minimum absolute atomic E-state index is 0. The SMILES string of the molecule is O=Cc1ccc(-c2cc(-c3ccc(C=O)cc3)cc(-c3cc[c-]c(-c4ccccn4)c3)c2)cc1.[Ir+3].[c-]1ccccc1-c1ccccn1.[c-]1ccccc1-c1ccccn1. The molecule has 5 nitrogen and oxygen atoms in total. The van der Waals surface area contributed by atoms with Crippen molar-refractivity contribution in [1.29, 1.82) is 0 Å². The number of carbonyl (C=O) groups is 2. The van der Waals surface area contributed by atoms with E-state index in [1.807, 2.05) is 164 Å². The van der Waals surface area contributed by atoms with Gasteiger partial charge in [0.2, 0.25) is 0 Å². The number of aromatic nitrogens is 3. The third-order valence-electron chi connectivity index (χ3n) is 9.07. The summed E-state index contributed by atoms with van der Waals surface area (Å²) in [7, 11) is 0. The van der Waals surface area contributed by atoms with E-state index in [1.54, 1.807) is 18.6 Å². The molecule has 9 aromatic rings. The van der Waals surface area contributed by atoms with E-state index in [0.29, 0.717) is 11.1 Å². The van der Waals surface area contributed by atoms with E-state index in [0.717, 1.165) is 79.7 Å². The first-order chi connectivity index (χ1) is 28.7. The molecule has 0 saturated carbocycles. The Hall–Kier alpha value is -7.24. The zero-order valence-electron chi connectivity index (χ0n) is 31.8. The first-order valence-corrected chi connectivity index (χ1v) is 18.6. The molecule has 0 fully saturated rings. The number of aldehydes is 2. The van der Waals surface area contributed by atoms with Crippen LogP contribution in [0.25, 0.3) is 67.2 Å². The summed E-state index contributed by atoms with van der Waals surface area (Å²) in [6.45, 7) is 0. The Labute approximate surface area is 358 Å². The normalized spacial score (nSPS) is 10.0. The van der Waals surface area contributed by atoms with Crippen molar-refractivity contribution in [3.63, 3.8) is 0 Å². The van der Waals surface area contributed by atoms with Crippen molar-refractivity contribution < 1.29 is 29.7 Å². The second-order valence-corrected chi connectivity index (χ2v) is 13.0. The van der Waals surface area contributed by atoms with E-state index in [4.69, 9.17) is 0 Å². The molecule has 0 N–H and O–H groups in total. The van der Waals surface area contributed by atoms with Crippen LogP contribution in [-0.2, 0) is 20.1 Å². The van der Waals surface area contributed by atoms with Gasteiger partial charge in [0.15, 0.2) is 0 Å². The maximum atomic E-state index is 11.1. The molecule has 3 heterocycles. The summed E-state index contributed by atoms with van der Waals surface area (Å²) in [4.78, 5) is 35.1. The predicted octanol–water partition coefficient (Wildman–Crippen LogP) is 12.3. The van der Waals surface area contributed by atoms with Crippen molar-refractivity contribution in [2.24, 2.45) is 0 Å². The maximum absolute atomic E-state index is 11.1. The summed E-state index contributed by atoms with van der Waals surface area (Å²) >= 11 is 0. The van der Waals surface area contributed by atoms with Gasteiger partial charge in [-0.2, -0.15) is 0 Å². The van der Waals surface area contributed by atoms with Crippen LogP contribution in [0.1, 0.15) is 20.7 Å². The minimum Gasteiger partial charge on any atom is -0.305 e. The summed E-state index contributed by atoms with van der Waals surface area (Å²) in [5.41, 5.74) is 13.3. The van der Waals surface area contributed by atoms with Gasteiger partial charge < -0.3 is 15.0 Å². The second kappa shape index (κ2) is 21.3. The van der Waals surface area contributed by atoms with Crippen molar-refractivity contribution in [2.75, 3.05) is 0 Å². The van der Waals surface area contributed by atoms with Gasteiger partial charge >= 0.3 is 20.1 Å². The van der Waals surface area contributed by atoms with Crippen LogP contribution in [0.2, 0.25) is 0 Å². The molecule has 0 aliphatic heterocycles. The number of pyridine rings is 3. The number of hydrogen-bond donors (Lipinski definition) is 0. The van der Waals surface area contributed by atoms with Crippen LogP contribution < -0.4 is 0 Å². The van der Waals surface area contributed by atoms with Crippen LogP contribution in [0.3, 0.4) is 0 Å². The number of nitrogens with zero attached hydrogens (tertiary/aromatic N) is 3. The molecule has 6 heteroatoms. The Morgan fingerprint density at radius 1 is 0.339 bits per heavy atom. The van der Waals surface area contributed by atoms with Gasteiger partial charge in [-0.1, -0.05) is 84.9 Å². The van der Waals surface area contributed by atoms with Crippen LogP contribution in [0.4, 0.5) is 0 Å². The summed E-state index contributed by atoms with van der Waals surface area (Å²) in [6.07, 6.45) is 7.05. The molecule has 0 spiro atoms. The van der Waals surface area contributed by atoms with E-state index in [9.17, 15) is 9.59 Å². The number of rotatable bonds is 8. The zero-order chi connectivity index (χ0) is 39.8. The summed E-state index contributed by atoms with van der Waals surface area (Å²) in [6, 6.07) is 70.4. The van der Waals surface area contributed by atoms with E-state index in [1.165, 1.54) is 0 Å². The Morgan fingerprint density at radius 3 is 1.10 bits per heavy atom. The van der Waals surface area contributed by atoms with E-state index in [-0.39, 0.29) is 20.1 Å². The van der Waals surface area contributed by atoms with E-state index in [2.05, 4.69) is 57.4 Å². The Morgan fingerprint density at radius 2 is 0.729 bits per heavy atom. The smallest absolute Gasteiger partial charge is 0.305 e. The Kier molecular flexibility index (Phi) is 15.0. The standard InChI is InChI=1S/C31H20NO2.2C11H8N.Ir/c33-20-22-7-11-24(12-8-22)28-17-29(25-13-9-23(21-34)10-14-25)19-30(18-28)26-4-3-5-27(16-26)31-6-1-2-15-32-31;2*1-2-6-10(7-3-1)11-8-4-5-9-12-11;/h1-4,6-21H;2*1-6,8-9H;/q3*-1;+3. The fourth-order valence-electron chi connectivity index (χ4n) is 6.10. The van der Waals surface area contributed by atoms with Crippen molar-refractivity contribution in [3.8, 4) is 67.2 Å². The molecular weight excluding hydrogens is 903 g/mol. The molecule has 0 radical (unpaired) electrons. The third kappa shape index (κ3) is 11.4. The molecule has 59 heavy (non-hydrogen) atoms. The fraction of sp³-hybridized carbons (Fsp3) is 0. The summed E-state index contributed by atoms with van der Waals surface area (Å²) < 4.78 is 0. The van der Waals surface area contributed by atoms with Gasteiger partial charge in [0.25, 0.3) is 0 Å². The Bertz CT molecular complexity index is 2440. The van der Waals surface area contributed by atoms with Gasteiger partial charge in [0.1, 0.15) is 12.6 Å². The average molecular weight is 939 g/mol. The first kappa shape index (κ1) is 41.4. The van der Waals surface area contributed by atoms with Gasteiger partial charge in [-0.15, -0.1) is 107 Å². The number of benzene rings is 6. The van der Waals surface area contributed by atoms with Crippen LogP contribution in [-0.4, -0.2) is 27.5 Å². The second-order valence-electron chi connectivity index (χ2n) is 13.0. The first-order valence-electron chi connectivity index (χ1n) is 18.6. The molecule has 0 bridgehead atoms.